The molecular weight excluding hydrogens is 372 g/mol. The Morgan fingerprint density at radius 1 is 0.929 bits per heavy atom. The Morgan fingerprint density at radius 2 is 1.61 bits per heavy atom. The maximum Gasteiger partial charge on any atom is 0.266 e. The van der Waals surface area contributed by atoms with Crippen LogP contribution in [0.1, 0.15) is 36.7 Å². The summed E-state index contributed by atoms with van der Waals surface area (Å²) in [4.78, 5) is 38.6. The highest BCUT2D eigenvalue weighted by Gasteiger charge is 2.29. The van der Waals surface area contributed by atoms with Crippen molar-refractivity contribution in [1.29, 1.82) is 5.26 Å². The number of nitrogens with zero attached hydrogens (tertiary/aromatic N) is 1. The van der Waals surface area contributed by atoms with Gasteiger partial charge in [-0.05, 0) is 35.7 Å². The van der Waals surface area contributed by atoms with Gasteiger partial charge in [0.2, 0.25) is 0 Å². The number of fused-ring (bicyclic) bond motifs is 2. The fourth-order valence-corrected chi connectivity index (χ4v) is 3.70. The van der Waals surface area contributed by atoms with E-state index in [2.05, 4.69) is 5.32 Å². The lowest BCUT2D eigenvalue weighted by atomic mass is 9.84. The fraction of sp³-hybridized carbons (Fsp3) is 0. The molecule has 0 saturated heterocycles. The van der Waals surface area contributed by atoms with E-state index in [9.17, 15) is 19.6 Å². The highest BCUT2D eigenvalue weighted by Crippen LogP contribution is 2.29. The number of anilines is 1. The van der Waals surface area contributed by atoms with Crippen molar-refractivity contribution in [2.45, 2.75) is 0 Å². The molecule has 0 radical (unpaired) electrons. The lowest BCUT2D eigenvalue weighted by Gasteiger charge is -2.18. The summed E-state index contributed by atoms with van der Waals surface area (Å²) in [5, 5.41) is 13.8. The van der Waals surface area contributed by atoms with Crippen molar-refractivity contribution in [2.75, 3.05) is 5.32 Å². The van der Waals surface area contributed by atoms with Crippen LogP contribution in [0.15, 0.2) is 65.6 Å². The number of nitriles is 1. The van der Waals surface area contributed by atoms with E-state index in [1.165, 1.54) is 29.5 Å². The Morgan fingerprint density at radius 3 is 2.25 bits per heavy atom. The standard InChI is InChI=1S/C22H12N2O3S/c23-12-13(10-15-4-3-9-28-15)22(27)24-14-7-8-18-19(11-14)21(26)17-6-2-1-5-16(17)20(18)25/h1-11H,(H,24,27). The molecule has 28 heavy (non-hydrogen) atoms. The first kappa shape index (κ1) is 17.6. The van der Waals surface area contributed by atoms with Gasteiger partial charge in [0.1, 0.15) is 11.6 Å². The molecule has 1 aliphatic carbocycles. The van der Waals surface area contributed by atoms with E-state index in [4.69, 9.17) is 0 Å². The number of carbonyl (C=O) groups is 3. The van der Waals surface area contributed by atoms with Gasteiger partial charge in [0.05, 0.1) is 0 Å². The van der Waals surface area contributed by atoms with Crippen LogP contribution < -0.4 is 5.32 Å². The van der Waals surface area contributed by atoms with Gasteiger partial charge in [-0.1, -0.05) is 30.3 Å². The third-order valence-corrected chi connectivity index (χ3v) is 5.20. The van der Waals surface area contributed by atoms with Gasteiger partial charge in [-0.2, -0.15) is 5.26 Å². The quantitative estimate of drug-likeness (QED) is 0.426. The molecule has 1 aromatic heterocycles. The van der Waals surface area contributed by atoms with E-state index in [1.807, 2.05) is 17.5 Å². The molecule has 1 N–H and O–H groups in total. The topological polar surface area (TPSA) is 87.0 Å². The summed E-state index contributed by atoms with van der Waals surface area (Å²) < 4.78 is 0. The maximum atomic E-state index is 12.8. The van der Waals surface area contributed by atoms with Gasteiger partial charge in [0, 0.05) is 32.8 Å². The van der Waals surface area contributed by atoms with Crippen molar-refractivity contribution < 1.29 is 14.4 Å². The lowest BCUT2D eigenvalue weighted by Crippen LogP contribution is -2.21. The highest BCUT2D eigenvalue weighted by atomic mass is 32.1. The normalized spacial score (nSPS) is 12.8. The minimum absolute atomic E-state index is 0.0482. The molecule has 134 valence electrons. The van der Waals surface area contributed by atoms with Gasteiger partial charge in [0.15, 0.2) is 11.6 Å². The van der Waals surface area contributed by atoms with Crippen molar-refractivity contribution in [3.63, 3.8) is 0 Å². The number of thiophene rings is 1. The summed E-state index contributed by atoms with van der Waals surface area (Å²) >= 11 is 1.41. The van der Waals surface area contributed by atoms with Crippen LogP contribution in [-0.4, -0.2) is 17.5 Å². The van der Waals surface area contributed by atoms with Gasteiger partial charge in [-0.3, -0.25) is 14.4 Å². The molecule has 6 heteroatoms. The first-order valence-corrected chi connectivity index (χ1v) is 9.25. The average molecular weight is 384 g/mol. The summed E-state index contributed by atoms with van der Waals surface area (Å²) in [6.07, 6.45) is 1.50. The van der Waals surface area contributed by atoms with Crippen LogP contribution in [0.25, 0.3) is 6.08 Å². The molecule has 0 aliphatic heterocycles. The van der Waals surface area contributed by atoms with Crippen LogP contribution in [0.2, 0.25) is 0 Å². The van der Waals surface area contributed by atoms with Gasteiger partial charge >= 0.3 is 0 Å². The van der Waals surface area contributed by atoms with Crippen LogP contribution >= 0.6 is 11.3 Å². The molecule has 0 bridgehead atoms. The molecule has 0 saturated carbocycles. The predicted octanol–water partition coefficient (Wildman–Crippen LogP) is 4.07. The van der Waals surface area contributed by atoms with Crippen LogP contribution in [0, 0.1) is 11.3 Å². The second-order valence-corrected chi connectivity index (χ2v) is 7.08. The number of rotatable bonds is 3. The van der Waals surface area contributed by atoms with Gasteiger partial charge in [-0.25, -0.2) is 0 Å². The largest absolute Gasteiger partial charge is 0.321 e. The molecule has 1 aliphatic rings. The Labute approximate surface area is 164 Å². The lowest BCUT2D eigenvalue weighted by molar-refractivity contribution is -0.112. The Bertz CT molecular complexity index is 1200. The van der Waals surface area contributed by atoms with Gasteiger partial charge in [0.25, 0.3) is 5.91 Å². The first-order valence-electron chi connectivity index (χ1n) is 8.37. The molecule has 1 amide bonds. The van der Waals surface area contributed by atoms with E-state index in [0.29, 0.717) is 22.4 Å². The van der Waals surface area contributed by atoms with Gasteiger partial charge < -0.3 is 5.32 Å². The number of ketones is 2. The smallest absolute Gasteiger partial charge is 0.266 e. The number of benzene rings is 2. The molecule has 3 aromatic rings. The van der Waals surface area contributed by atoms with E-state index in [-0.39, 0.29) is 22.7 Å². The summed E-state index contributed by atoms with van der Waals surface area (Å²) in [6.45, 7) is 0. The number of hydrogen-bond donors (Lipinski definition) is 1. The number of carbonyl (C=O) groups excluding carboxylic acids is 3. The predicted molar refractivity (Wildman–Crippen MR) is 106 cm³/mol. The summed E-state index contributed by atoms with van der Waals surface area (Å²) in [6, 6.07) is 16.7. The molecule has 5 nitrogen and oxygen atoms in total. The van der Waals surface area contributed by atoms with Crippen molar-refractivity contribution in [3.8, 4) is 6.07 Å². The van der Waals surface area contributed by atoms with Crippen LogP contribution in [0.4, 0.5) is 5.69 Å². The van der Waals surface area contributed by atoms with Crippen LogP contribution in [-0.2, 0) is 4.79 Å². The minimum Gasteiger partial charge on any atom is -0.321 e. The molecule has 1 heterocycles. The molecule has 0 unspecified atom stereocenters. The van der Waals surface area contributed by atoms with E-state index < -0.39 is 5.91 Å². The van der Waals surface area contributed by atoms with Crippen LogP contribution in [0.3, 0.4) is 0 Å². The summed E-state index contributed by atoms with van der Waals surface area (Å²) in [5.41, 5.74) is 1.56. The Kier molecular flexibility index (Phi) is 4.44. The van der Waals surface area contributed by atoms with Crippen molar-refractivity contribution in [3.05, 3.63) is 92.7 Å². The van der Waals surface area contributed by atoms with E-state index in [1.54, 1.807) is 36.4 Å². The molecule has 4 rings (SSSR count). The number of hydrogen-bond acceptors (Lipinski definition) is 5. The Hall–Kier alpha value is -3.82. The van der Waals surface area contributed by atoms with E-state index >= 15 is 0 Å². The third-order valence-electron chi connectivity index (χ3n) is 4.38. The monoisotopic (exact) mass is 384 g/mol. The van der Waals surface area contributed by atoms with Gasteiger partial charge in [-0.15, -0.1) is 11.3 Å². The highest BCUT2D eigenvalue weighted by molar-refractivity contribution is 7.10. The number of nitrogens with one attached hydrogen (secondary N) is 1. The van der Waals surface area contributed by atoms with E-state index in [0.717, 1.165) is 4.88 Å². The van der Waals surface area contributed by atoms with Crippen LogP contribution in [0.5, 0.6) is 0 Å². The zero-order chi connectivity index (χ0) is 19.7. The summed E-state index contributed by atoms with van der Waals surface area (Å²) in [5.74, 6) is -1.07. The third kappa shape index (κ3) is 3.04. The zero-order valence-electron chi connectivity index (χ0n) is 14.4. The second kappa shape index (κ2) is 7.06. The molecule has 2 aromatic carbocycles. The Balaban J connectivity index is 1.65. The molecular formula is C22H12N2O3S. The molecule has 0 atom stereocenters. The summed E-state index contributed by atoms with van der Waals surface area (Å²) in [7, 11) is 0. The van der Waals surface area contributed by atoms with Crippen molar-refractivity contribution in [2.24, 2.45) is 0 Å². The number of amides is 1. The fourth-order valence-electron chi connectivity index (χ4n) is 3.04. The van der Waals surface area contributed by atoms with Crippen molar-refractivity contribution >= 4 is 40.6 Å². The maximum absolute atomic E-state index is 12.8. The first-order chi connectivity index (χ1) is 13.6. The SMILES string of the molecule is N#CC(=Cc1cccs1)C(=O)Nc1ccc2c(c1)C(=O)c1ccccc1C2=O. The minimum atomic E-state index is -0.578. The average Bonchev–Trinajstić information content (AvgIpc) is 3.23. The zero-order valence-corrected chi connectivity index (χ0v) is 15.2. The second-order valence-electron chi connectivity index (χ2n) is 6.10. The molecule has 0 spiro atoms. The van der Waals surface area contributed by atoms with Crippen molar-refractivity contribution in [1.82, 2.24) is 0 Å². The molecule has 0 fully saturated rings.